The molecule has 0 bridgehead atoms. The van der Waals surface area contributed by atoms with Gasteiger partial charge in [0.25, 0.3) is 0 Å². The van der Waals surface area contributed by atoms with Crippen LogP contribution >= 0.6 is 0 Å². The van der Waals surface area contributed by atoms with Gasteiger partial charge in [0, 0.05) is 16.7 Å². The number of hydrogen-bond acceptors (Lipinski definition) is 2. The highest BCUT2D eigenvalue weighted by Crippen LogP contribution is 2.15. The van der Waals surface area contributed by atoms with Gasteiger partial charge in [0.05, 0.1) is 10.8 Å². The van der Waals surface area contributed by atoms with Crippen LogP contribution in [0.1, 0.15) is 24.5 Å². The highest BCUT2D eigenvalue weighted by Gasteiger charge is 2.07. The second kappa shape index (κ2) is 5.42. The summed E-state index contributed by atoms with van der Waals surface area (Å²) in [5.74, 6) is 0.654. The van der Waals surface area contributed by atoms with Gasteiger partial charge >= 0.3 is 0 Å². The molecule has 3 heteroatoms. The third kappa shape index (κ3) is 3.76. The fraction of sp³-hybridized carbons (Fsp3) is 0.500. The largest absolute Gasteiger partial charge is 0.328 e. The summed E-state index contributed by atoms with van der Waals surface area (Å²) >= 11 is 0. The van der Waals surface area contributed by atoms with E-state index in [1.165, 1.54) is 5.56 Å². The summed E-state index contributed by atoms with van der Waals surface area (Å²) in [4.78, 5) is 0.946. The Labute approximate surface area is 94.3 Å². The zero-order chi connectivity index (χ0) is 11.4. The highest BCUT2D eigenvalue weighted by atomic mass is 32.2. The maximum atomic E-state index is 11.9. The van der Waals surface area contributed by atoms with Gasteiger partial charge < -0.3 is 5.73 Å². The van der Waals surface area contributed by atoms with Crippen molar-refractivity contribution in [2.75, 3.05) is 5.75 Å². The molecule has 1 aromatic rings. The predicted octanol–water partition coefficient (Wildman–Crippen LogP) is 2.15. The molecule has 1 rings (SSSR count). The van der Waals surface area contributed by atoms with Crippen LogP contribution in [0, 0.1) is 13.8 Å². The topological polar surface area (TPSA) is 43.1 Å². The summed E-state index contributed by atoms with van der Waals surface area (Å²) in [5, 5.41) is 0. The Balaban J connectivity index is 2.74. The fourth-order valence-corrected chi connectivity index (χ4v) is 2.90. The molecule has 0 fully saturated rings. The van der Waals surface area contributed by atoms with Crippen molar-refractivity contribution in [1.82, 2.24) is 0 Å². The number of aryl methyl sites for hydroxylation is 2. The van der Waals surface area contributed by atoms with Crippen molar-refractivity contribution >= 4 is 10.8 Å². The molecule has 2 nitrogen and oxygen atoms in total. The lowest BCUT2D eigenvalue weighted by Gasteiger charge is -2.08. The van der Waals surface area contributed by atoms with Crippen molar-refractivity contribution in [3.8, 4) is 0 Å². The van der Waals surface area contributed by atoms with E-state index in [1.807, 2.05) is 32.9 Å². The summed E-state index contributed by atoms with van der Waals surface area (Å²) in [6.07, 6.45) is 0.805. The van der Waals surface area contributed by atoms with Crippen LogP contribution in [-0.4, -0.2) is 16.0 Å². The van der Waals surface area contributed by atoms with E-state index in [4.69, 9.17) is 5.73 Å². The van der Waals surface area contributed by atoms with E-state index < -0.39 is 10.8 Å². The Kier molecular flexibility index (Phi) is 4.48. The third-order valence-corrected chi connectivity index (χ3v) is 3.89. The summed E-state index contributed by atoms with van der Waals surface area (Å²) in [7, 11) is -0.904. The van der Waals surface area contributed by atoms with Gasteiger partial charge in [-0.25, -0.2) is 0 Å². The minimum atomic E-state index is -0.904. The average Bonchev–Trinajstić information content (AvgIpc) is 2.14. The second-order valence-electron chi connectivity index (χ2n) is 4.08. The minimum Gasteiger partial charge on any atom is -0.328 e. The van der Waals surface area contributed by atoms with E-state index in [1.54, 1.807) is 0 Å². The Morgan fingerprint density at radius 3 is 2.60 bits per heavy atom. The highest BCUT2D eigenvalue weighted by molar-refractivity contribution is 7.85. The third-order valence-electron chi connectivity index (χ3n) is 2.33. The van der Waals surface area contributed by atoms with E-state index in [-0.39, 0.29) is 6.04 Å². The first-order chi connectivity index (χ1) is 7.00. The molecule has 0 heterocycles. The van der Waals surface area contributed by atoms with Gasteiger partial charge in [-0.3, -0.25) is 4.21 Å². The van der Waals surface area contributed by atoms with Gasteiger partial charge in [0.2, 0.25) is 0 Å². The van der Waals surface area contributed by atoms with Crippen molar-refractivity contribution in [1.29, 1.82) is 0 Å². The first-order valence-electron chi connectivity index (χ1n) is 5.22. The predicted molar refractivity (Wildman–Crippen MR) is 65.5 cm³/mol. The molecule has 2 unspecified atom stereocenters. The number of hydrogen-bond donors (Lipinski definition) is 1. The van der Waals surface area contributed by atoms with Crippen LogP contribution in [0.5, 0.6) is 0 Å². The van der Waals surface area contributed by atoms with Crippen LogP contribution in [0.4, 0.5) is 0 Å². The first kappa shape index (κ1) is 12.4. The van der Waals surface area contributed by atoms with Crippen LogP contribution in [0.2, 0.25) is 0 Å². The minimum absolute atomic E-state index is 0.125. The normalized spacial score (nSPS) is 14.9. The zero-order valence-electron chi connectivity index (χ0n) is 9.62. The molecule has 0 aromatic heterocycles. The van der Waals surface area contributed by atoms with Gasteiger partial charge in [-0.15, -0.1) is 0 Å². The molecule has 2 atom stereocenters. The zero-order valence-corrected chi connectivity index (χ0v) is 10.4. The molecule has 1 aromatic carbocycles. The summed E-state index contributed by atoms with van der Waals surface area (Å²) < 4.78 is 11.9. The SMILES string of the molecule is Cc1ccc(S(=O)CCC(C)N)c(C)c1. The smallest absolute Gasteiger partial charge is 0.0532 e. The van der Waals surface area contributed by atoms with E-state index in [2.05, 4.69) is 6.07 Å². The molecule has 0 aliphatic heterocycles. The van der Waals surface area contributed by atoms with E-state index in [9.17, 15) is 4.21 Å². The number of nitrogens with two attached hydrogens (primary N) is 1. The van der Waals surface area contributed by atoms with Crippen LogP contribution < -0.4 is 5.73 Å². The van der Waals surface area contributed by atoms with Gasteiger partial charge in [-0.05, 0) is 38.8 Å². The molecule has 0 saturated carbocycles. The Morgan fingerprint density at radius 1 is 1.40 bits per heavy atom. The lowest BCUT2D eigenvalue weighted by atomic mass is 10.2. The lowest BCUT2D eigenvalue weighted by Crippen LogP contribution is -2.18. The first-order valence-corrected chi connectivity index (χ1v) is 6.54. The fourth-order valence-electron chi connectivity index (χ4n) is 1.46. The lowest BCUT2D eigenvalue weighted by molar-refractivity contribution is 0.667. The standard InChI is InChI=1S/C12H19NOS/c1-9-4-5-12(10(2)8-9)15(14)7-6-11(3)13/h4-5,8,11H,6-7,13H2,1-3H3. The van der Waals surface area contributed by atoms with Crippen molar-refractivity contribution in [2.24, 2.45) is 5.73 Å². The molecule has 0 radical (unpaired) electrons. The average molecular weight is 225 g/mol. The van der Waals surface area contributed by atoms with E-state index in [0.717, 1.165) is 16.9 Å². The van der Waals surface area contributed by atoms with Gasteiger partial charge in [-0.2, -0.15) is 0 Å². The molecular weight excluding hydrogens is 206 g/mol. The number of benzene rings is 1. The monoisotopic (exact) mass is 225 g/mol. The molecule has 15 heavy (non-hydrogen) atoms. The molecule has 84 valence electrons. The van der Waals surface area contributed by atoms with Crippen LogP contribution in [-0.2, 0) is 10.8 Å². The van der Waals surface area contributed by atoms with Crippen LogP contribution in [0.3, 0.4) is 0 Å². The maximum Gasteiger partial charge on any atom is 0.0532 e. The molecule has 2 N–H and O–H groups in total. The van der Waals surface area contributed by atoms with Gasteiger partial charge in [-0.1, -0.05) is 17.7 Å². The number of rotatable bonds is 4. The van der Waals surface area contributed by atoms with Crippen molar-refractivity contribution in [3.05, 3.63) is 29.3 Å². The quantitative estimate of drug-likeness (QED) is 0.853. The Hall–Kier alpha value is -0.670. The second-order valence-corrected chi connectivity index (χ2v) is 5.62. The molecule has 0 aliphatic carbocycles. The van der Waals surface area contributed by atoms with Crippen molar-refractivity contribution in [2.45, 2.75) is 38.1 Å². The van der Waals surface area contributed by atoms with Crippen molar-refractivity contribution in [3.63, 3.8) is 0 Å². The van der Waals surface area contributed by atoms with Crippen LogP contribution in [0.25, 0.3) is 0 Å². The van der Waals surface area contributed by atoms with Crippen LogP contribution in [0.15, 0.2) is 23.1 Å². The molecule has 0 amide bonds. The Morgan fingerprint density at radius 2 is 2.07 bits per heavy atom. The van der Waals surface area contributed by atoms with Gasteiger partial charge in [0.1, 0.15) is 0 Å². The summed E-state index contributed by atoms with van der Waals surface area (Å²) in [6, 6.07) is 6.16. The summed E-state index contributed by atoms with van der Waals surface area (Å²) in [5.41, 5.74) is 7.96. The van der Waals surface area contributed by atoms with E-state index in [0.29, 0.717) is 5.75 Å². The Bertz CT molecular complexity index is 361. The summed E-state index contributed by atoms with van der Waals surface area (Å²) in [6.45, 7) is 5.99. The molecule has 0 aliphatic rings. The van der Waals surface area contributed by atoms with E-state index >= 15 is 0 Å². The molecule has 0 spiro atoms. The van der Waals surface area contributed by atoms with Crippen molar-refractivity contribution < 1.29 is 4.21 Å². The van der Waals surface area contributed by atoms with Gasteiger partial charge in [0.15, 0.2) is 0 Å². The molecular formula is C12H19NOS. The molecule has 0 saturated heterocycles. The maximum absolute atomic E-state index is 11.9.